The van der Waals surface area contributed by atoms with Gasteiger partial charge in [-0.2, -0.15) is 4.72 Å². The molecule has 4 rings (SSSR count). The van der Waals surface area contributed by atoms with Crippen LogP contribution in [0.5, 0.6) is 0 Å². The Hall–Kier alpha value is -3.27. The zero-order valence-corrected chi connectivity index (χ0v) is 21.4. The summed E-state index contributed by atoms with van der Waals surface area (Å²) >= 11 is 6.01. The van der Waals surface area contributed by atoms with Crippen LogP contribution < -0.4 is 4.72 Å². The van der Waals surface area contributed by atoms with Crippen LogP contribution in [-0.2, 0) is 26.2 Å². The Kier molecular flexibility index (Phi) is 7.73. The Morgan fingerprint density at radius 2 is 1.92 bits per heavy atom. The van der Waals surface area contributed by atoms with Gasteiger partial charge in [0, 0.05) is 37.1 Å². The van der Waals surface area contributed by atoms with Crippen molar-refractivity contribution in [2.45, 2.75) is 36.9 Å². The minimum Gasteiger partial charge on any atom is -0.333 e. The molecule has 36 heavy (non-hydrogen) atoms. The number of pyridine rings is 1. The van der Waals surface area contributed by atoms with Gasteiger partial charge in [0.25, 0.3) is 0 Å². The molecule has 2 amide bonds. The second-order valence-corrected chi connectivity index (χ2v) is 10.8. The molecule has 0 aliphatic carbocycles. The lowest BCUT2D eigenvalue weighted by Gasteiger charge is -2.30. The van der Waals surface area contributed by atoms with Gasteiger partial charge in [-0.1, -0.05) is 29.8 Å². The van der Waals surface area contributed by atoms with Crippen LogP contribution in [-0.4, -0.2) is 60.2 Å². The number of rotatable bonds is 9. The quantitative estimate of drug-likeness (QED) is 0.431. The fraction of sp³-hybridized carbons (Fsp3) is 0.269. The van der Waals surface area contributed by atoms with E-state index >= 15 is 0 Å². The minimum atomic E-state index is -3.96. The van der Waals surface area contributed by atoms with E-state index in [0.29, 0.717) is 18.1 Å². The molecule has 8 nitrogen and oxygen atoms in total. The highest BCUT2D eigenvalue weighted by atomic mass is 35.5. The summed E-state index contributed by atoms with van der Waals surface area (Å²) in [5.74, 6) is -0.661. The summed E-state index contributed by atoms with van der Waals surface area (Å²) < 4.78 is 28.6. The fourth-order valence-electron chi connectivity index (χ4n) is 4.31. The van der Waals surface area contributed by atoms with Gasteiger partial charge in [-0.15, -0.1) is 6.58 Å². The van der Waals surface area contributed by atoms with E-state index in [1.165, 1.54) is 11.0 Å². The molecule has 0 spiro atoms. The molecule has 188 valence electrons. The van der Waals surface area contributed by atoms with Gasteiger partial charge < -0.3 is 9.80 Å². The number of halogens is 1. The van der Waals surface area contributed by atoms with Crippen molar-refractivity contribution in [1.82, 2.24) is 19.5 Å². The summed E-state index contributed by atoms with van der Waals surface area (Å²) in [7, 11) is -3.96. The first-order chi connectivity index (χ1) is 17.2. The first-order valence-electron chi connectivity index (χ1n) is 11.5. The molecule has 2 heterocycles. The average molecular weight is 527 g/mol. The lowest BCUT2D eigenvalue weighted by Crippen LogP contribution is -2.50. The predicted octanol–water partition coefficient (Wildman–Crippen LogP) is 3.37. The summed E-state index contributed by atoms with van der Waals surface area (Å²) in [5.41, 5.74) is 0.906. The smallest absolute Gasteiger partial charge is 0.245 e. The van der Waals surface area contributed by atoms with Crippen molar-refractivity contribution in [3.8, 4) is 0 Å². The molecule has 1 N–H and O–H groups in total. The average Bonchev–Trinajstić information content (AvgIpc) is 3.22. The number of nitrogens with one attached hydrogen (secondary N) is 1. The highest BCUT2D eigenvalue weighted by Crippen LogP contribution is 2.24. The molecule has 0 radical (unpaired) electrons. The van der Waals surface area contributed by atoms with Crippen molar-refractivity contribution in [3.05, 3.63) is 84.2 Å². The lowest BCUT2D eigenvalue weighted by molar-refractivity contribution is -0.143. The highest BCUT2D eigenvalue weighted by Gasteiger charge is 2.40. The number of sulfonamides is 1. The van der Waals surface area contributed by atoms with Crippen molar-refractivity contribution in [3.63, 3.8) is 0 Å². The van der Waals surface area contributed by atoms with Gasteiger partial charge in [-0.05, 0) is 66.1 Å². The Morgan fingerprint density at radius 1 is 1.22 bits per heavy atom. The van der Waals surface area contributed by atoms with E-state index in [-0.39, 0.29) is 23.8 Å². The molecule has 1 aliphatic rings. The summed E-state index contributed by atoms with van der Waals surface area (Å²) in [5, 5.41) is 2.09. The zero-order valence-electron chi connectivity index (χ0n) is 19.8. The van der Waals surface area contributed by atoms with Crippen LogP contribution in [0.4, 0.5) is 0 Å². The second kappa shape index (κ2) is 10.8. The predicted molar refractivity (Wildman–Crippen MR) is 139 cm³/mol. The van der Waals surface area contributed by atoms with E-state index in [1.54, 1.807) is 60.6 Å². The number of nitrogens with zero attached hydrogens (tertiary/aromatic N) is 3. The number of benzene rings is 2. The standard InChI is InChI=1S/C26H27ClN4O4S/c1-3-13-30(17-19-8-11-28-12-9-19)25(32)18(2)31-14-10-24(26(31)33)29-36(34,35)23-7-5-20-15-22(27)6-4-21(20)16-23/h3-9,11-12,15-16,18,24,29H,1,10,13-14,17H2,2H3/t18-,24-/m0/s1. The first kappa shape index (κ1) is 25.8. The number of carbonyl (C=O) groups is 2. The maximum absolute atomic E-state index is 13.3. The molecule has 2 atom stereocenters. The van der Waals surface area contributed by atoms with Crippen molar-refractivity contribution in [2.24, 2.45) is 0 Å². The van der Waals surface area contributed by atoms with Crippen LogP contribution in [0.15, 0.2) is 78.5 Å². The van der Waals surface area contributed by atoms with Crippen molar-refractivity contribution in [2.75, 3.05) is 13.1 Å². The number of hydrogen-bond donors (Lipinski definition) is 1. The van der Waals surface area contributed by atoms with Gasteiger partial charge in [-0.3, -0.25) is 14.6 Å². The monoisotopic (exact) mass is 526 g/mol. The third-order valence-electron chi connectivity index (χ3n) is 6.23. The molecule has 0 saturated carbocycles. The normalized spacial score (nSPS) is 16.8. The topological polar surface area (TPSA) is 99.7 Å². The van der Waals surface area contributed by atoms with Crippen LogP contribution >= 0.6 is 11.6 Å². The molecule has 0 unspecified atom stereocenters. The van der Waals surface area contributed by atoms with E-state index in [2.05, 4.69) is 16.3 Å². The molecular formula is C26H27ClN4O4S. The molecule has 10 heteroatoms. The van der Waals surface area contributed by atoms with Crippen molar-refractivity contribution in [1.29, 1.82) is 0 Å². The maximum atomic E-state index is 13.3. The third kappa shape index (κ3) is 5.59. The molecule has 2 aromatic carbocycles. The first-order valence-corrected chi connectivity index (χ1v) is 13.4. The van der Waals surface area contributed by atoms with Gasteiger partial charge in [-0.25, -0.2) is 8.42 Å². The van der Waals surface area contributed by atoms with Crippen molar-refractivity contribution >= 4 is 44.2 Å². The van der Waals surface area contributed by atoms with Crippen LogP contribution in [0, 0.1) is 0 Å². The Balaban J connectivity index is 1.46. The van der Waals surface area contributed by atoms with Crippen LogP contribution in [0.2, 0.25) is 5.02 Å². The molecule has 0 bridgehead atoms. The number of aromatic nitrogens is 1. The van der Waals surface area contributed by atoms with E-state index < -0.39 is 28.0 Å². The molecular weight excluding hydrogens is 500 g/mol. The van der Waals surface area contributed by atoms with E-state index in [4.69, 9.17) is 11.6 Å². The molecule has 3 aromatic rings. The van der Waals surface area contributed by atoms with Gasteiger partial charge in [0.1, 0.15) is 12.1 Å². The number of amides is 2. The van der Waals surface area contributed by atoms with Crippen LogP contribution in [0.25, 0.3) is 10.8 Å². The summed E-state index contributed by atoms with van der Waals surface area (Å²) in [6.45, 7) is 6.33. The Labute approximate surface area is 215 Å². The number of carbonyl (C=O) groups excluding carboxylic acids is 2. The summed E-state index contributed by atoms with van der Waals surface area (Å²) in [6, 6.07) is 11.8. The van der Waals surface area contributed by atoms with Crippen LogP contribution in [0.1, 0.15) is 18.9 Å². The summed E-state index contributed by atoms with van der Waals surface area (Å²) in [4.78, 5) is 33.5. The van der Waals surface area contributed by atoms with Gasteiger partial charge in [0.05, 0.1) is 4.90 Å². The SMILES string of the molecule is C=CCN(Cc1ccncc1)C(=O)[C@H](C)N1CC[C@H](NS(=O)(=O)c2ccc3cc(Cl)ccc3c2)C1=O. The van der Waals surface area contributed by atoms with E-state index in [1.807, 2.05) is 12.1 Å². The number of likely N-dealkylation sites (tertiary alicyclic amines) is 1. The maximum Gasteiger partial charge on any atom is 0.245 e. The molecule has 1 aromatic heterocycles. The Bertz CT molecular complexity index is 1400. The largest absolute Gasteiger partial charge is 0.333 e. The van der Waals surface area contributed by atoms with Crippen molar-refractivity contribution < 1.29 is 18.0 Å². The molecule has 1 saturated heterocycles. The Morgan fingerprint density at radius 3 is 2.64 bits per heavy atom. The lowest BCUT2D eigenvalue weighted by atomic mass is 10.1. The zero-order chi connectivity index (χ0) is 25.9. The fourth-order valence-corrected chi connectivity index (χ4v) is 5.75. The van der Waals surface area contributed by atoms with Gasteiger partial charge >= 0.3 is 0 Å². The minimum absolute atomic E-state index is 0.0576. The van der Waals surface area contributed by atoms with Crippen LogP contribution in [0.3, 0.4) is 0 Å². The molecule has 1 aliphatic heterocycles. The second-order valence-electron chi connectivity index (χ2n) is 8.69. The van der Waals surface area contributed by atoms with Gasteiger partial charge in [0.15, 0.2) is 0 Å². The van der Waals surface area contributed by atoms with E-state index in [9.17, 15) is 18.0 Å². The third-order valence-corrected chi connectivity index (χ3v) is 7.93. The number of fused-ring (bicyclic) bond motifs is 1. The highest BCUT2D eigenvalue weighted by molar-refractivity contribution is 7.89. The van der Waals surface area contributed by atoms with Gasteiger partial charge in [0.2, 0.25) is 21.8 Å². The summed E-state index contributed by atoms with van der Waals surface area (Å²) in [6.07, 6.45) is 5.21. The molecule has 1 fully saturated rings. The van der Waals surface area contributed by atoms with E-state index in [0.717, 1.165) is 16.3 Å². The number of hydrogen-bond acceptors (Lipinski definition) is 5.